The fourth-order valence-corrected chi connectivity index (χ4v) is 16.9. The second kappa shape index (κ2) is 24.3. The Morgan fingerprint density at radius 1 is 0.988 bits per heavy atom. The van der Waals surface area contributed by atoms with E-state index < -0.39 is 109 Å². The largest absolute Gasteiger partial charge is 0.486 e. The lowest BCUT2D eigenvalue weighted by molar-refractivity contribution is -0.343. The molecule has 22 nitrogen and oxygen atoms in total. The number of aldehydes is 1. The Labute approximate surface area is 504 Å². The summed E-state index contributed by atoms with van der Waals surface area (Å²) in [7, 11) is 2.71. The van der Waals surface area contributed by atoms with Crippen LogP contribution in [0.4, 0.5) is 5.69 Å². The number of carbonyl (C=O) groups excluding carboxylic acids is 4. The molecule has 13 rings (SSSR count). The van der Waals surface area contributed by atoms with Crippen LogP contribution in [0.25, 0.3) is 0 Å². The number of hydrogen-bond donors (Lipinski definition) is 12. The topological polar surface area (TPSA) is 331 Å². The maximum absolute atomic E-state index is 15.6. The molecular formula is C62H72N8O14S2. The maximum Gasteiger partial charge on any atom is 0.242 e. The maximum atomic E-state index is 15.6. The van der Waals surface area contributed by atoms with Crippen molar-refractivity contribution in [2.75, 3.05) is 56.0 Å². The number of anilines is 1. The molecule has 3 saturated heterocycles. The molecule has 0 radical (unpaired) electrons. The van der Waals surface area contributed by atoms with Crippen molar-refractivity contribution in [3.63, 3.8) is 0 Å². The van der Waals surface area contributed by atoms with Crippen LogP contribution in [-0.2, 0) is 30.4 Å². The average Bonchev–Trinajstić information content (AvgIpc) is 2.39. The van der Waals surface area contributed by atoms with Crippen LogP contribution in [0.3, 0.4) is 0 Å². The van der Waals surface area contributed by atoms with Gasteiger partial charge in [-0.15, -0.1) is 0 Å². The predicted molar refractivity (Wildman–Crippen MR) is 317 cm³/mol. The molecule has 86 heavy (non-hydrogen) atoms. The highest BCUT2D eigenvalue weighted by Gasteiger charge is 2.66. The summed E-state index contributed by atoms with van der Waals surface area (Å²) in [5, 5.41) is 77.6. The zero-order valence-electron chi connectivity index (χ0n) is 47.2. The molecule has 7 aliphatic heterocycles. The summed E-state index contributed by atoms with van der Waals surface area (Å²) < 4.78 is 35.5. The fourth-order valence-electron chi connectivity index (χ4n) is 14.2. The summed E-state index contributed by atoms with van der Waals surface area (Å²) in [6.07, 6.45) is 1.94. The lowest BCUT2D eigenvalue weighted by atomic mass is 9.74. The van der Waals surface area contributed by atoms with Gasteiger partial charge in [0.25, 0.3) is 0 Å². The SMILES string of the molecule is NC1=C2C(=CCN1)[C@H](CO[C@]13CSSC[C@H]4C#C[C@](O)([C@@H]5COC[C@H](CC[C@H]4O)[C@@H](c4ccccc4N4CN[C@H]6C(=O)N[C@@H](N)N[C@@H]64)c4cc6c(c(OC[C@H](O)CC=O)c4O[C@H]1O5)C(=O)c1cc(CO)ccc1C6=O)[C@H]3O)C=C[C@H]2NC1CCCC1. The third kappa shape index (κ3) is 10.5. The smallest absolute Gasteiger partial charge is 0.242 e. The third-order valence-electron chi connectivity index (χ3n) is 18.8. The van der Waals surface area contributed by atoms with E-state index >= 15 is 9.59 Å². The van der Waals surface area contributed by atoms with E-state index in [-0.39, 0.29) is 103 Å². The number of ketones is 2. The minimum Gasteiger partial charge on any atom is -0.486 e. The van der Waals surface area contributed by atoms with Gasteiger partial charge in [-0.3, -0.25) is 30.8 Å². The van der Waals surface area contributed by atoms with Crippen LogP contribution >= 0.6 is 21.6 Å². The van der Waals surface area contributed by atoms with Crippen LogP contribution in [-0.4, -0.2) is 173 Å². The van der Waals surface area contributed by atoms with Crippen molar-refractivity contribution in [1.29, 1.82) is 0 Å². The van der Waals surface area contributed by atoms with Gasteiger partial charge in [0.05, 0.1) is 62.8 Å². The molecule has 0 spiro atoms. The minimum absolute atomic E-state index is 0.0302. The molecule has 3 aliphatic carbocycles. The number of aliphatic hydroxyl groups excluding tert-OH is 4. The van der Waals surface area contributed by atoms with E-state index in [0.29, 0.717) is 47.3 Å². The number of nitrogens with two attached hydrogens (primary N) is 2. The van der Waals surface area contributed by atoms with E-state index in [0.717, 1.165) is 36.8 Å². The van der Waals surface area contributed by atoms with E-state index in [1.165, 1.54) is 33.7 Å². The van der Waals surface area contributed by atoms with Gasteiger partial charge in [-0.05, 0) is 72.6 Å². The average molecular weight is 1220 g/mol. The van der Waals surface area contributed by atoms with E-state index in [1.54, 1.807) is 12.1 Å². The summed E-state index contributed by atoms with van der Waals surface area (Å²) in [6, 6.07) is 13.0. The molecule has 456 valence electrons. The second-order valence-electron chi connectivity index (χ2n) is 24.0. The van der Waals surface area contributed by atoms with Gasteiger partial charge < -0.3 is 80.6 Å². The zero-order chi connectivity index (χ0) is 59.6. The van der Waals surface area contributed by atoms with Gasteiger partial charge in [-0.25, -0.2) is 0 Å². The van der Waals surface area contributed by atoms with E-state index in [9.17, 15) is 35.1 Å². The van der Waals surface area contributed by atoms with Crippen LogP contribution < -0.4 is 52.4 Å². The van der Waals surface area contributed by atoms with Gasteiger partial charge >= 0.3 is 0 Å². The molecule has 0 unspecified atom stereocenters. The number of aliphatic hydroxyl groups is 5. The van der Waals surface area contributed by atoms with Crippen LogP contribution in [0.15, 0.2) is 83.7 Å². The van der Waals surface area contributed by atoms with Crippen LogP contribution in [0.2, 0.25) is 0 Å². The Bertz CT molecular complexity index is 3350. The van der Waals surface area contributed by atoms with E-state index in [2.05, 4.69) is 56.7 Å². The number of benzene rings is 3. The molecule has 24 heteroatoms. The molecule has 1 amide bonds. The first kappa shape index (κ1) is 59.1. The van der Waals surface area contributed by atoms with Gasteiger partial charge in [-0.1, -0.05) is 88.8 Å². The molecule has 3 aromatic carbocycles. The number of carbonyl (C=O) groups is 4. The highest BCUT2D eigenvalue weighted by atomic mass is 33.1. The summed E-state index contributed by atoms with van der Waals surface area (Å²) in [5.74, 6) is 2.13. The molecule has 4 fully saturated rings. The van der Waals surface area contributed by atoms with Gasteiger partial charge in [-0.2, -0.15) is 0 Å². The number of para-hydroxylation sites is 1. The number of dihydropyridines is 1. The molecule has 7 heterocycles. The third-order valence-corrected chi connectivity index (χ3v) is 21.2. The fraction of sp³-hybridized carbons (Fsp3) is 0.516. The Kier molecular flexibility index (Phi) is 16.7. The van der Waals surface area contributed by atoms with Crippen molar-refractivity contribution in [3.05, 3.63) is 123 Å². The molecule has 0 aromatic heterocycles. The quantitative estimate of drug-likeness (QED) is 0.0384. The minimum atomic E-state index is -2.44. The number of ether oxygens (including phenoxy) is 5. The van der Waals surface area contributed by atoms with Gasteiger partial charge in [0.15, 0.2) is 34.3 Å². The lowest BCUT2D eigenvalue weighted by Crippen LogP contribution is -2.75. The van der Waals surface area contributed by atoms with E-state index in [4.69, 9.17) is 35.2 Å². The summed E-state index contributed by atoms with van der Waals surface area (Å²) >= 11 is 0. The zero-order valence-corrected chi connectivity index (χ0v) is 48.8. The Balaban J connectivity index is 1.04. The van der Waals surface area contributed by atoms with Gasteiger partial charge in [0, 0.05) is 75.9 Å². The normalized spacial score (nSPS) is 34.2. The van der Waals surface area contributed by atoms with Crippen LogP contribution in [0, 0.1) is 29.6 Å². The van der Waals surface area contributed by atoms with Crippen LogP contribution in [0.5, 0.6) is 11.5 Å². The molecule has 14 N–H and O–H groups in total. The van der Waals surface area contributed by atoms with Crippen molar-refractivity contribution >= 4 is 51.0 Å². The lowest BCUT2D eigenvalue weighted by Gasteiger charge is -2.54. The van der Waals surface area contributed by atoms with Crippen molar-refractivity contribution in [2.24, 2.45) is 29.2 Å². The molecule has 3 aromatic rings. The number of rotatable bonds is 13. The van der Waals surface area contributed by atoms with Gasteiger partial charge in [0.1, 0.15) is 49.4 Å². The Morgan fingerprint density at radius 3 is 2.65 bits per heavy atom. The van der Waals surface area contributed by atoms with Crippen LogP contribution in [0.1, 0.15) is 99.4 Å². The molecular weight excluding hydrogens is 1140 g/mol. The number of hydrogen-bond acceptors (Lipinski definition) is 23. The first-order chi connectivity index (χ1) is 41.7. The first-order valence-corrected chi connectivity index (χ1v) is 32.2. The Morgan fingerprint density at radius 2 is 1.83 bits per heavy atom. The standard InChI is InChI=1S/C62H72N8O14S2/c63-55-48-37(16-19-65-55)32(10-13-43(48)67-35-5-1-2-6-35)25-82-62-29-86-85-28-34-15-18-61(79,58(62)78)46-27-80-24-33(11-14-45(34)74)47(39-7-3-4-8-44(39)70-30-66-50-56(70)68-60(64)69-57(50)77)42-22-41-49(52(76)40-21-31(23-72)9-12-38(40)51(41)75)54(53(42)84-59(62)83-46)81-26-36(73)17-20-71/h3-4,7-10,12-13,16,20-22,32-36,43,45-47,50,56,58-60,65-68,72-74,78-79H,1-2,5-6,11,14,17,19,23-30,63-64H2,(H,69,77)/t32-,33-,34+,36+,43+,45+,46-,47-,50+,56+,58+,59+,60-,61-,62-/m0/s1. The monoisotopic (exact) mass is 1220 g/mol. The van der Waals surface area contributed by atoms with E-state index in [1.807, 2.05) is 29.2 Å². The summed E-state index contributed by atoms with van der Waals surface area (Å²) in [6.45, 7) is -0.928. The highest BCUT2D eigenvalue weighted by Crippen LogP contribution is 2.54. The van der Waals surface area contributed by atoms with Crippen molar-refractivity contribution < 1.29 is 68.4 Å². The van der Waals surface area contributed by atoms with Gasteiger partial charge in [0.2, 0.25) is 12.2 Å². The molecule has 10 aliphatic rings. The molecule has 15 atom stereocenters. The summed E-state index contributed by atoms with van der Waals surface area (Å²) in [4.78, 5) is 58.5. The second-order valence-corrected chi connectivity index (χ2v) is 26.5. The Hall–Kier alpha value is -5.86. The molecule has 1 saturated carbocycles. The van der Waals surface area contributed by atoms with Crippen molar-refractivity contribution in [1.82, 2.24) is 26.6 Å². The predicted octanol–water partition coefficient (Wildman–Crippen LogP) is 0.992. The van der Waals surface area contributed by atoms with Crippen molar-refractivity contribution in [3.8, 4) is 23.3 Å². The molecule has 6 bridgehead atoms. The first-order valence-electron chi connectivity index (χ1n) is 29.7. The van der Waals surface area contributed by atoms with Crippen molar-refractivity contribution in [2.45, 2.75) is 130 Å². The number of fused-ring (bicyclic) bond motifs is 12. The number of nitrogens with one attached hydrogen (secondary N) is 5. The number of amides is 1. The number of nitrogens with zero attached hydrogens (tertiary/aromatic N) is 1. The highest BCUT2D eigenvalue weighted by molar-refractivity contribution is 8.76. The summed E-state index contributed by atoms with van der Waals surface area (Å²) in [5.41, 5.74) is 12.0.